The fourth-order valence-electron chi connectivity index (χ4n) is 2.20. The quantitative estimate of drug-likeness (QED) is 0.285. The summed E-state index contributed by atoms with van der Waals surface area (Å²) >= 11 is 5.92. The van der Waals surface area contributed by atoms with Crippen molar-refractivity contribution in [3.8, 4) is 0 Å². The van der Waals surface area contributed by atoms with Gasteiger partial charge in [-0.15, -0.1) is 0 Å². The Labute approximate surface area is 142 Å². The van der Waals surface area contributed by atoms with Gasteiger partial charge in [0.25, 0.3) is 11.7 Å². The molecule has 0 saturated heterocycles. The van der Waals surface area contributed by atoms with Crippen LogP contribution in [0.25, 0.3) is 5.57 Å². The van der Waals surface area contributed by atoms with Crippen molar-refractivity contribution in [2.75, 3.05) is 18.5 Å². The van der Waals surface area contributed by atoms with Crippen molar-refractivity contribution in [3.63, 3.8) is 0 Å². The van der Waals surface area contributed by atoms with Gasteiger partial charge in [0.05, 0.1) is 18.8 Å². The molecular formula is C16H14ClNO6. The zero-order chi connectivity index (χ0) is 17.9. The highest BCUT2D eigenvalue weighted by atomic mass is 35.5. The van der Waals surface area contributed by atoms with Gasteiger partial charge in [0.2, 0.25) is 0 Å². The number of hydrogen-bond acceptors (Lipinski definition) is 6. The molecule has 1 aliphatic heterocycles. The van der Waals surface area contributed by atoms with E-state index < -0.39 is 29.2 Å². The minimum absolute atomic E-state index is 0.0320. The molecule has 1 amide bonds. The molecule has 1 aromatic rings. The molecule has 7 nitrogen and oxygen atoms in total. The molecule has 0 unspecified atom stereocenters. The lowest BCUT2D eigenvalue weighted by atomic mass is 9.98. The number of amides is 1. The highest BCUT2D eigenvalue weighted by Crippen LogP contribution is 2.36. The molecule has 0 spiro atoms. The number of carbonyl (C=O) groups is 4. The van der Waals surface area contributed by atoms with Gasteiger partial charge in [-0.3, -0.25) is 9.59 Å². The number of hydrogen-bond donors (Lipinski definition) is 1. The maximum Gasteiger partial charge on any atom is 0.379 e. The number of ketones is 1. The van der Waals surface area contributed by atoms with E-state index in [1.54, 1.807) is 6.07 Å². The first-order chi connectivity index (χ1) is 11.4. The normalized spacial score (nSPS) is 14.5. The third kappa shape index (κ3) is 3.30. The first-order valence-corrected chi connectivity index (χ1v) is 7.52. The monoisotopic (exact) mass is 351 g/mol. The van der Waals surface area contributed by atoms with E-state index in [9.17, 15) is 19.2 Å². The number of Topliss-reactive ketones (excluding diaryl/α,β-unsaturated/α-hetero) is 1. The van der Waals surface area contributed by atoms with Crippen molar-refractivity contribution in [2.24, 2.45) is 0 Å². The number of ether oxygens (including phenoxy) is 2. The minimum atomic E-state index is -1.24. The van der Waals surface area contributed by atoms with E-state index in [2.05, 4.69) is 10.1 Å². The number of fused-ring (bicyclic) bond motifs is 1. The van der Waals surface area contributed by atoms with Crippen LogP contribution in [-0.4, -0.2) is 36.8 Å². The number of carbonyl (C=O) groups excluding carboxylic acids is 4. The summed E-state index contributed by atoms with van der Waals surface area (Å²) in [7, 11) is 0. The zero-order valence-corrected chi connectivity index (χ0v) is 13.7. The standard InChI is InChI=1S/C16H14ClNO6/c1-3-23-15(21)12(13(19)16(22)24-4-2)11-9-7-8(17)5-6-10(9)18-14(11)20/h5-7H,3-4H2,1-2H3,(H,18,20)/b12-11+. The van der Waals surface area contributed by atoms with Crippen molar-refractivity contribution in [2.45, 2.75) is 13.8 Å². The highest BCUT2D eigenvalue weighted by Gasteiger charge is 2.37. The van der Waals surface area contributed by atoms with E-state index in [0.29, 0.717) is 10.7 Å². The number of nitrogens with one attached hydrogen (secondary N) is 1. The zero-order valence-electron chi connectivity index (χ0n) is 13.0. The summed E-state index contributed by atoms with van der Waals surface area (Å²) in [5, 5.41) is 2.81. The SMILES string of the molecule is CCOC(=O)C(=O)/C(C(=O)OCC)=C1\C(=O)Nc2ccc(Cl)cc21. The van der Waals surface area contributed by atoms with Gasteiger partial charge < -0.3 is 14.8 Å². The van der Waals surface area contributed by atoms with Gasteiger partial charge in [0.1, 0.15) is 5.57 Å². The van der Waals surface area contributed by atoms with Gasteiger partial charge in [0.15, 0.2) is 0 Å². The Morgan fingerprint density at radius 2 is 1.71 bits per heavy atom. The second kappa shape index (κ2) is 7.27. The summed E-state index contributed by atoms with van der Waals surface area (Å²) in [6.07, 6.45) is 0. The molecule has 0 bridgehead atoms. The summed E-state index contributed by atoms with van der Waals surface area (Å²) in [4.78, 5) is 48.5. The second-order valence-electron chi connectivity index (χ2n) is 4.66. The van der Waals surface area contributed by atoms with Crippen molar-refractivity contribution < 1.29 is 28.7 Å². The second-order valence-corrected chi connectivity index (χ2v) is 5.10. The van der Waals surface area contributed by atoms with Crippen LogP contribution in [0.4, 0.5) is 5.69 Å². The lowest BCUT2D eigenvalue weighted by Crippen LogP contribution is -2.27. The fourth-order valence-corrected chi connectivity index (χ4v) is 2.37. The molecule has 1 heterocycles. The van der Waals surface area contributed by atoms with Crippen LogP contribution in [0.5, 0.6) is 0 Å². The third-order valence-electron chi connectivity index (χ3n) is 3.14. The Balaban J connectivity index is 2.66. The van der Waals surface area contributed by atoms with Crippen LogP contribution in [0.3, 0.4) is 0 Å². The predicted molar refractivity (Wildman–Crippen MR) is 85.3 cm³/mol. The number of rotatable bonds is 5. The Morgan fingerprint density at radius 3 is 2.33 bits per heavy atom. The van der Waals surface area contributed by atoms with Crippen molar-refractivity contribution in [1.29, 1.82) is 0 Å². The molecule has 0 aliphatic carbocycles. The van der Waals surface area contributed by atoms with Gasteiger partial charge >= 0.3 is 11.9 Å². The third-order valence-corrected chi connectivity index (χ3v) is 3.38. The molecule has 126 valence electrons. The van der Waals surface area contributed by atoms with Crippen LogP contribution in [0.1, 0.15) is 19.4 Å². The summed E-state index contributed by atoms with van der Waals surface area (Å²) in [6, 6.07) is 4.49. The molecule has 0 aromatic heterocycles. The van der Waals surface area contributed by atoms with Crippen molar-refractivity contribution >= 4 is 46.5 Å². The average Bonchev–Trinajstić information content (AvgIpc) is 2.84. The summed E-state index contributed by atoms with van der Waals surface area (Å²) < 4.78 is 9.45. The highest BCUT2D eigenvalue weighted by molar-refractivity contribution is 6.53. The van der Waals surface area contributed by atoms with Crippen LogP contribution in [-0.2, 0) is 28.7 Å². The van der Waals surface area contributed by atoms with Gasteiger partial charge in [-0.2, -0.15) is 0 Å². The first-order valence-electron chi connectivity index (χ1n) is 7.14. The molecule has 1 N–H and O–H groups in total. The maximum absolute atomic E-state index is 12.3. The van der Waals surface area contributed by atoms with Crippen molar-refractivity contribution in [3.05, 3.63) is 34.4 Å². The molecule has 8 heteroatoms. The van der Waals surface area contributed by atoms with E-state index in [1.165, 1.54) is 26.0 Å². The first kappa shape index (κ1) is 17.7. The molecule has 0 saturated carbocycles. The minimum Gasteiger partial charge on any atom is -0.462 e. The summed E-state index contributed by atoms with van der Waals surface area (Å²) in [5.74, 6) is -4.26. The molecule has 0 fully saturated rings. The Hall–Kier alpha value is -2.67. The van der Waals surface area contributed by atoms with Gasteiger partial charge in [-0.1, -0.05) is 11.6 Å². The molecular weight excluding hydrogens is 338 g/mol. The fraction of sp³-hybridized carbons (Fsp3) is 0.250. The maximum atomic E-state index is 12.3. The number of benzene rings is 1. The Kier molecular flexibility index (Phi) is 5.35. The molecule has 1 aromatic carbocycles. The molecule has 24 heavy (non-hydrogen) atoms. The number of anilines is 1. The molecule has 1 aliphatic rings. The van der Waals surface area contributed by atoms with E-state index in [0.717, 1.165) is 0 Å². The van der Waals surface area contributed by atoms with Crippen LogP contribution in [0.15, 0.2) is 23.8 Å². The predicted octanol–water partition coefficient (Wildman–Crippen LogP) is 1.74. The van der Waals surface area contributed by atoms with E-state index >= 15 is 0 Å². The summed E-state index contributed by atoms with van der Waals surface area (Å²) in [6.45, 7) is 2.97. The van der Waals surface area contributed by atoms with Crippen LogP contribution in [0, 0.1) is 0 Å². The topological polar surface area (TPSA) is 98.8 Å². The summed E-state index contributed by atoms with van der Waals surface area (Å²) in [5.41, 5.74) is -0.316. The average molecular weight is 352 g/mol. The van der Waals surface area contributed by atoms with Crippen LogP contribution >= 0.6 is 11.6 Å². The Morgan fingerprint density at radius 1 is 1.08 bits per heavy atom. The number of esters is 2. The van der Waals surface area contributed by atoms with Gasteiger partial charge in [-0.05, 0) is 32.0 Å². The van der Waals surface area contributed by atoms with Crippen LogP contribution in [0.2, 0.25) is 5.02 Å². The molecule has 0 atom stereocenters. The smallest absolute Gasteiger partial charge is 0.379 e. The lowest BCUT2D eigenvalue weighted by molar-refractivity contribution is -0.153. The Bertz CT molecular complexity index is 768. The van der Waals surface area contributed by atoms with Crippen LogP contribution < -0.4 is 5.32 Å². The largest absolute Gasteiger partial charge is 0.462 e. The van der Waals surface area contributed by atoms with Crippen molar-refractivity contribution in [1.82, 2.24) is 0 Å². The van der Waals surface area contributed by atoms with E-state index in [-0.39, 0.29) is 24.4 Å². The van der Waals surface area contributed by atoms with Gasteiger partial charge in [-0.25, -0.2) is 9.59 Å². The van der Waals surface area contributed by atoms with E-state index in [4.69, 9.17) is 16.3 Å². The molecule has 0 radical (unpaired) electrons. The molecule has 2 rings (SSSR count). The number of halogens is 1. The van der Waals surface area contributed by atoms with E-state index in [1.807, 2.05) is 0 Å². The van der Waals surface area contributed by atoms with Gasteiger partial charge in [0, 0.05) is 16.3 Å². The lowest BCUT2D eigenvalue weighted by Gasteiger charge is -2.09.